The van der Waals surface area contributed by atoms with Crippen LogP contribution in [0.3, 0.4) is 0 Å². The number of carbonyl (C=O) groups excluding carboxylic acids is 1. The van der Waals surface area contributed by atoms with E-state index >= 15 is 0 Å². The van der Waals surface area contributed by atoms with E-state index in [0.29, 0.717) is 35.2 Å². The largest absolute Gasteiger partial charge is 0.489 e. The van der Waals surface area contributed by atoms with Crippen LogP contribution in [0.1, 0.15) is 40.2 Å². The van der Waals surface area contributed by atoms with Gasteiger partial charge >= 0.3 is 0 Å². The van der Waals surface area contributed by atoms with Crippen LogP contribution in [-0.2, 0) is 18.0 Å². The molecule has 0 saturated heterocycles. The van der Waals surface area contributed by atoms with Crippen LogP contribution in [-0.4, -0.2) is 20.4 Å². The van der Waals surface area contributed by atoms with E-state index in [2.05, 4.69) is 14.5 Å². The summed E-state index contributed by atoms with van der Waals surface area (Å²) >= 11 is 0. The Hall–Kier alpha value is -4.89. The SMILES string of the molecule is CC1OCc2c1c1ncnc(N)c1n2-c1ccc(Oc2cccc(OCc3ccccc3C(N)=O)c2)cc1. The normalized spacial score (nSPS) is 14.4. The van der Waals surface area contributed by atoms with Crippen molar-refractivity contribution in [1.29, 1.82) is 0 Å². The highest BCUT2D eigenvalue weighted by Gasteiger charge is 2.30. The fraction of sp³-hybridized carbons (Fsp3) is 0.138. The Morgan fingerprint density at radius 3 is 2.63 bits per heavy atom. The molecular formula is C29H25N5O4. The quantitative estimate of drug-likeness (QED) is 0.315. The van der Waals surface area contributed by atoms with Crippen LogP contribution in [0.15, 0.2) is 79.1 Å². The number of hydrogen-bond donors (Lipinski definition) is 2. The van der Waals surface area contributed by atoms with Crippen molar-refractivity contribution in [1.82, 2.24) is 14.5 Å². The first-order valence-electron chi connectivity index (χ1n) is 12.1. The van der Waals surface area contributed by atoms with Crippen molar-refractivity contribution in [2.24, 2.45) is 5.73 Å². The molecule has 3 heterocycles. The fourth-order valence-corrected chi connectivity index (χ4v) is 4.82. The number of ether oxygens (including phenoxy) is 3. The number of benzene rings is 3. The smallest absolute Gasteiger partial charge is 0.249 e. The second kappa shape index (κ2) is 9.53. The molecule has 1 aliphatic rings. The number of amides is 1. The van der Waals surface area contributed by atoms with Crippen LogP contribution in [0.5, 0.6) is 17.2 Å². The van der Waals surface area contributed by atoms with E-state index in [0.717, 1.165) is 33.5 Å². The number of anilines is 1. The molecule has 38 heavy (non-hydrogen) atoms. The first kappa shape index (κ1) is 23.5. The molecule has 1 unspecified atom stereocenters. The highest BCUT2D eigenvalue weighted by atomic mass is 16.5. The summed E-state index contributed by atoms with van der Waals surface area (Å²) in [5, 5.41) is 0. The fourth-order valence-electron chi connectivity index (χ4n) is 4.82. The van der Waals surface area contributed by atoms with Gasteiger partial charge in [0.25, 0.3) is 0 Å². The molecule has 190 valence electrons. The molecule has 4 N–H and O–H groups in total. The van der Waals surface area contributed by atoms with Gasteiger partial charge in [-0.25, -0.2) is 9.97 Å². The van der Waals surface area contributed by atoms with E-state index in [1.807, 2.05) is 61.5 Å². The molecule has 1 atom stereocenters. The third-order valence-corrected chi connectivity index (χ3v) is 6.60. The van der Waals surface area contributed by atoms with E-state index in [1.54, 1.807) is 18.2 Å². The van der Waals surface area contributed by atoms with Gasteiger partial charge in [0, 0.05) is 28.4 Å². The number of primary amides is 1. The van der Waals surface area contributed by atoms with Gasteiger partial charge in [-0.15, -0.1) is 0 Å². The Balaban J connectivity index is 1.22. The number of rotatable bonds is 7. The molecule has 1 aliphatic heterocycles. The lowest BCUT2D eigenvalue weighted by atomic mass is 10.1. The van der Waals surface area contributed by atoms with Crippen molar-refractivity contribution in [3.05, 3.63) is 102 Å². The average Bonchev–Trinajstić information content (AvgIpc) is 3.47. The number of aromatic nitrogens is 3. The van der Waals surface area contributed by atoms with Gasteiger partial charge in [-0.05, 0) is 49.4 Å². The minimum atomic E-state index is -0.486. The van der Waals surface area contributed by atoms with Crippen LogP contribution in [0.2, 0.25) is 0 Å². The summed E-state index contributed by atoms with van der Waals surface area (Å²) < 4.78 is 19.9. The zero-order valence-corrected chi connectivity index (χ0v) is 20.6. The van der Waals surface area contributed by atoms with Gasteiger partial charge in [-0.1, -0.05) is 24.3 Å². The Morgan fingerprint density at radius 2 is 1.82 bits per heavy atom. The van der Waals surface area contributed by atoms with Gasteiger partial charge in [0.1, 0.15) is 41.2 Å². The van der Waals surface area contributed by atoms with E-state index in [1.165, 1.54) is 6.33 Å². The molecule has 0 aliphatic carbocycles. The lowest BCUT2D eigenvalue weighted by Crippen LogP contribution is -2.14. The van der Waals surface area contributed by atoms with Gasteiger partial charge in [0.15, 0.2) is 5.82 Å². The van der Waals surface area contributed by atoms with Gasteiger partial charge in [0.05, 0.1) is 18.4 Å². The number of hydrogen-bond acceptors (Lipinski definition) is 7. The maximum Gasteiger partial charge on any atom is 0.249 e. The van der Waals surface area contributed by atoms with Crippen LogP contribution in [0.4, 0.5) is 5.82 Å². The highest BCUT2D eigenvalue weighted by Crippen LogP contribution is 2.41. The first-order valence-corrected chi connectivity index (χ1v) is 12.1. The predicted octanol–water partition coefficient (Wildman–Crippen LogP) is 5.06. The monoisotopic (exact) mass is 507 g/mol. The van der Waals surface area contributed by atoms with Gasteiger partial charge < -0.3 is 30.2 Å². The molecule has 9 heteroatoms. The standard InChI is InChI=1S/C29H25N5O4/c1-17-25-24(15-36-17)34(27-26(25)32-16-33-28(27)30)19-9-11-20(12-10-19)38-22-7-4-6-21(13-22)37-14-18-5-2-3-8-23(18)29(31)35/h2-13,16-17H,14-15H2,1H3,(H2,31,35)(H2,30,32,33). The summed E-state index contributed by atoms with van der Waals surface area (Å²) in [6.45, 7) is 2.70. The molecule has 0 radical (unpaired) electrons. The summed E-state index contributed by atoms with van der Waals surface area (Å²) in [5.74, 6) is 1.82. The minimum absolute atomic E-state index is 0.0653. The van der Waals surface area contributed by atoms with E-state index in [9.17, 15) is 4.79 Å². The van der Waals surface area contributed by atoms with Crippen LogP contribution < -0.4 is 20.9 Å². The minimum Gasteiger partial charge on any atom is -0.489 e. The summed E-state index contributed by atoms with van der Waals surface area (Å²) in [6.07, 6.45) is 1.42. The number of nitrogen functional groups attached to an aromatic ring is 1. The summed E-state index contributed by atoms with van der Waals surface area (Å²) in [5.41, 5.74) is 17.5. The lowest BCUT2D eigenvalue weighted by Gasteiger charge is -2.13. The van der Waals surface area contributed by atoms with Crippen molar-refractivity contribution >= 4 is 22.8 Å². The van der Waals surface area contributed by atoms with E-state index in [-0.39, 0.29) is 12.7 Å². The molecule has 3 aromatic carbocycles. The second-order valence-electron chi connectivity index (χ2n) is 8.99. The van der Waals surface area contributed by atoms with Crippen molar-refractivity contribution in [2.75, 3.05) is 5.73 Å². The maximum atomic E-state index is 11.7. The number of carbonyl (C=O) groups is 1. The molecule has 0 fully saturated rings. The Labute approximate surface area is 218 Å². The second-order valence-corrected chi connectivity index (χ2v) is 8.99. The molecule has 5 aromatic rings. The summed E-state index contributed by atoms with van der Waals surface area (Å²) in [4.78, 5) is 20.4. The van der Waals surface area contributed by atoms with Crippen LogP contribution in [0, 0.1) is 0 Å². The van der Waals surface area contributed by atoms with Gasteiger partial charge in [-0.2, -0.15) is 0 Å². The Kier molecular flexibility index (Phi) is 5.89. The average molecular weight is 508 g/mol. The van der Waals surface area contributed by atoms with Crippen LogP contribution in [0.25, 0.3) is 16.7 Å². The lowest BCUT2D eigenvalue weighted by molar-refractivity contribution is 0.0783. The molecular weight excluding hydrogens is 482 g/mol. The predicted molar refractivity (Wildman–Crippen MR) is 142 cm³/mol. The molecule has 9 nitrogen and oxygen atoms in total. The van der Waals surface area contributed by atoms with E-state index < -0.39 is 5.91 Å². The number of nitrogens with zero attached hydrogens (tertiary/aromatic N) is 3. The van der Waals surface area contributed by atoms with E-state index in [4.69, 9.17) is 25.7 Å². The zero-order chi connectivity index (χ0) is 26.2. The zero-order valence-electron chi connectivity index (χ0n) is 20.6. The van der Waals surface area contributed by atoms with Gasteiger partial charge in [0.2, 0.25) is 5.91 Å². The van der Waals surface area contributed by atoms with Crippen molar-refractivity contribution in [2.45, 2.75) is 26.2 Å². The van der Waals surface area contributed by atoms with Crippen molar-refractivity contribution < 1.29 is 19.0 Å². The summed E-state index contributed by atoms with van der Waals surface area (Å²) in [7, 11) is 0. The molecule has 1 amide bonds. The third kappa shape index (κ3) is 4.18. The number of nitrogens with two attached hydrogens (primary N) is 2. The highest BCUT2D eigenvalue weighted by molar-refractivity contribution is 5.94. The van der Waals surface area contributed by atoms with Crippen LogP contribution >= 0.6 is 0 Å². The molecule has 0 saturated carbocycles. The molecule has 6 rings (SSSR count). The topological polar surface area (TPSA) is 128 Å². The van der Waals surface area contributed by atoms with Crippen molar-refractivity contribution in [3.8, 4) is 22.9 Å². The molecule has 0 bridgehead atoms. The Bertz CT molecular complexity index is 1660. The Morgan fingerprint density at radius 1 is 1.03 bits per heavy atom. The first-order chi connectivity index (χ1) is 18.5. The maximum absolute atomic E-state index is 11.7. The number of fused-ring (bicyclic) bond motifs is 3. The van der Waals surface area contributed by atoms with Gasteiger partial charge in [-0.3, -0.25) is 4.79 Å². The summed E-state index contributed by atoms with van der Waals surface area (Å²) in [6, 6.07) is 22.1. The molecule has 0 spiro atoms. The third-order valence-electron chi connectivity index (χ3n) is 6.60. The molecule has 2 aromatic heterocycles. The van der Waals surface area contributed by atoms with Crippen molar-refractivity contribution in [3.63, 3.8) is 0 Å².